The first-order valence-electron chi connectivity index (χ1n) is 8.30. The Balaban J connectivity index is 1.45. The number of piperazine rings is 1. The highest BCUT2D eigenvalue weighted by Gasteiger charge is 2.25. The van der Waals surface area contributed by atoms with Gasteiger partial charge in [-0.1, -0.05) is 0 Å². The molecule has 2 N–H and O–H groups in total. The van der Waals surface area contributed by atoms with Gasteiger partial charge >= 0.3 is 0 Å². The van der Waals surface area contributed by atoms with Gasteiger partial charge in [0.05, 0.1) is 5.69 Å². The third-order valence-corrected chi connectivity index (χ3v) is 5.16. The van der Waals surface area contributed by atoms with E-state index >= 15 is 0 Å². The van der Waals surface area contributed by atoms with Crippen LogP contribution in [-0.2, 0) is 0 Å². The number of hydrogen-bond acceptors (Lipinski definition) is 8. The second-order valence-electron chi connectivity index (χ2n) is 5.94. The van der Waals surface area contributed by atoms with Crippen molar-refractivity contribution in [3.05, 3.63) is 47.4 Å². The van der Waals surface area contributed by atoms with Gasteiger partial charge in [0, 0.05) is 55.4 Å². The SMILES string of the molecule is O=C1NC(O)/C(=C/c2ccnc(N3CCN(c4ccncc4)CC3)n2)S1. The average Bonchev–Trinajstić information content (AvgIpc) is 3.00. The first-order chi connectivity index (χ1) is 12.7. The molecule has 0 saturated carbocycles. The van der Waals surface area contributed by atoms with Gasteiger partial charge in [-0.2, -0.15) is 0 Å². The van der Waals surface area contributed by atoms with Gasteiger partial charge in [-0.15, -0.1) is 0 Å². The lowest BCUT2D eigenvalue weighted by Gasteiger charge is -2.36. The summed E-state index contributed by atoms with van der Waals surface area (Å²) < 4.78 is 0. The summed E-state index contributed by atoms with van der Waals surface area (Å²) in [6, 6.07) is 5.79. The zero-order valence-corrected chi connectivity index (χ0v) is 14.8. The maximum atomic E-state index is 11.3. The second kappa shape index (κ2) is 7.30. The minimum Gasteiger partial charge on any atom is -0.369 e. The summed E-state index contributed by atoms with van der Waals surface area (Å²) in [5.74, 6) is 0.658. The Morgan fingerprint density at radius 1 is 1.12 bits per heavy atom. The molecular weight excluding hydrogens is 352 g/mol. The molecule has 2 aromatic rings. The molecule has 2 aliphatic heterocycles. The number of thioether (sulfide) groups is 1. The molecule has 2 aromatic heterocycles. The summed E-state index contributed by atoms with van der Waals surface area (Å²) >= 11 is 0.983. The van der Waals surface area contributed by atoms with Crippen molar-refractivity contribution in [2.24, 2.45) is 0 Å². The molecule has 134 valence electrons. The molecular formula is C17H18N6O2S. The van der Waals surface area contributed by atoms with Gasteiger partial charge in [-0.05, 0) is 36.0 Å². The van der Waals surface area contributed by atoms with Crippen molar-refractivity contribution >= 4 is 34.7 Å². The molecule has 1 unspecified atom stereocenters. The Labute approximate surface area is 155 Å². The van der Waals surface area contributed by atoms with E-state index in [1.54, 1.807) is 30.7 Å². The van der Waals surface area contributed by atoms with Crippen molar-refractivity contribution in [2.75, 3.05) is 36.0 Å². The Morgan fingerprint density at radius 3 is 2.54 bits per heavy atom. The van der Waals surface area contributed by atoms with E-state index in [9.17, 15) is 9.90 Å². The van der Waals surface area contributed by atoms with Crippen LogP contribution in [0.25, 0.3) is 6.08 Å². The number of carbonyl (C=O) groups excluding carboxylic acids is 1. The number of hydrogen-bond donors (Lipinski definition) is 2. The van der Waals surface area contributed by atoms with Crippen LogP contribution < -0.4 is 15.1 Å². The molecule has 1 amide bonds. The third-order valence-electron chi connectivity index (χ3n) is 4.28. The Kier molecular flexibility index (Phi) is 4.72. The number of anilines is 2. The quantitative estimate of drug-likeness (QED) is 0.835. The number of rotatable bonds is 3. The third kappa shape index (κ3) is 3.63. The second-order valence-corrected chi connectivity index (χ2v) is 6.99. The molecule has 0 bridgehead atoms. The maximum Gasteiger partial charge on any atom is 0.285 e. The number of carbonyl (C=O) groups is 1. The van der Waals surface area contributed by atoms with Gasteiger partial charge in [0.2, 0.25) is 5.95 Å². The van der Waals surface area contributed by atoms with Crippen molar-refractivity contribution in [2.45, 2.75) is 6.23 Å². The van der Waals surface area contributed by atoms with Gasteiger partial charge in [0.1, 0.15) is 0 Å². The highest BCUT2D eigenvalue weighted by atomic mass is 32.2. The van der Waals surface area contributed by atoms with E-state index < -0.39 is 6.23 Å². The van der Waals surface area contributed by atoms with Crippen LogP contribution in [-0.4, -0.2) is 57.7 Å². The fraction of sp³-hybridized carbons (Fsp3) is 0.294. The van der Waals surface area contributed by atoms with Crippen LogP contribution in [0.1, 0.15) is 5.69 Å². The molecule has 2 fully saturated rings. The highest BCUT2D eigenvalue weighted by molar-refractivity contribution is 8.17. The minimum atomic E-state index is -0.963. The van der Waals surface area contributed by atoms with E-state index in [1.807, 2.05) is 12.1 Å². The fourth-order valence-corrected chi connectivity index (χ4v) is 3.68. The summed E-state index contributed by atoms with van der Waals surface area (Å²) in [5, 5.41) is 12.0. The summed E-state index contributed by atoms with van der Waals surface area (Å²) in [4.78, 5) is 29.3. The number of amides is 1. The summed E-state index contributed by atoms with van der Waals surface area (Å²) in [6.45, 7) is 3.40. The van der Waals surface area contributed by atoms with Crippen LogP contribution in [0.2, 0.25) is 0 Å². The number of aromatic nitrogens is 3. The van der Waals surface area contributed by atoms with E-state index in [0.717, 1.165) is 37.9 Å². The topological polar surface area (TPSA) is 94.5 Å². The van der Waals surface area contributed by atoms with Crippen LogP contribution in [0.4, 0.5) is 16.4 Å². The summed E-state index contributed by atoms with van der Waals surface area (Å²) in [6.07, 6.45) is 6.06. The zero-order chi connectivity index (χ0) is 17.9. The number of nitrogens with zero attached hydrogens (tertiary/aromatic N) is 5. The van der Waals surface area contributed by atoms with Crippen molar-refractivity contribution in [3.8, 4) is 0 Å². The van der Waals surface area contributed by atoms with Crippen LogP contribution in [0.5, 0.6) is 0 Å². The average molecular weight is 370 g/mol. The van der Waals surface area contributed by atoms with Gasteiger partial charge in [0.15, 0.2) is 6.23 Å². The van der Waals surface area contributed by atoms with Gasteiger partial charge in [-0.3, -0.25) is 9.78 Å². The van der Waals surface area contributed by atoms with Crippen LogP contribution in [0, 0.1) is 0 Å². The van der Waals surface area contributed by atoms with Gasteiger partial charge in [-0.25, -0.2) is 9.97 Å². The fourth-order valence-electron chi connectivity index (χ4n) is 2.94. The number of aliphatic hydroxyl groups excluding tert-OH is 1. The van der Waals surface area contributed by atoms with E-state index in [-0.39, 0.29) is 5.24 Å². The molecule has 0 aromatic carbocycles. The molecule has 0 aliphatic carbocycles. The zero-order valence-electron chi connectivity index (χ0n) is 13.9. The molecule has 0 radical (unpaired) electrons. The lowest BCUT2D eigenvalue weighted by atomic mass is 10.2. The van der Waals surface area contributed by atoms with Crippen LogP contribution >= 0.6 is 11.8 Å². The van der Waals surface area contributed by atoms with E-state index in [0.29, 0.717) is 16.5 Å². The monoisotopic (exact) mass is 370 g/mol. The molecule has 8 nitrogen and oxygen atoms in total. The molecule has 1 atom stereocenters. The first-order valence-corrected chi connectivity index (χ1v) is 9.12. The van der Waals surface area contributed by atoms with Crippen molar-refractivity contribution in [3.63, 3.8) is 0 Å². The molecule has 2 saturated heterocycles. The molecule has 0 spiro atoms. The molecule has 26 heavy (non-hydrogen) atoms. The first kappa shape index (κ1) is 16.8. The number of nitrogens with one attached hydrogen (secondary N) is 1. The Bertz CT molecular complexity index is 823. The summed E-state index contributed by atoms with van der Waals surface area (Å²) in [7, 11) is 0. The van der Waals surface area contributed by atoms with Crippen molar-refractivity contribution in [1.82, 2.24) is 20.3 Å². The number of aliphatic hydroxyl groups is 1. The lowest BCUT2D eigenvalue weighted by molar-refractivity contribution is 0.192. The number of pyridine rings is 1. The normalized spacial score (nSPS) is 22.0. The van der Waals surface area contributed by atoms with E-state index in [2.05, 4.69) is 30.1 Å². The predicted molar refractivity (Wildman–Crippen MR) is 101 cm³/mol. The van der Waals surface area contributed by atoms with Crippen LogP contribution in [0.15, 0.2) is 41.7 Å². The minimum absolute atomic E-state index is 0.259. The predicted octanol–water partition coefficient (Wildman–Crippen LogP) is 1.31. The maximum absolute atomic E-state index is 11.3. The van der Waals surface area contributed by atoms with Crippen molar-refractivity contribution in [1.29, 1.82) is 0 Å². The standard InChI is InChI=1S/C17H18N6O2S/c24-15-14(26-17(25)21-15)11-12-1-6-19-16(20-12)23-9-7-22(8-10-23)13-2-4-18-5-3-13/h1-6,11,15,24H,7-10H2,(H,21,25)/b14-11-. The highest BCUT2D eigenvalue weighted by Crippen LogP contribution is 2.28. The van der Waals surface area contributed by atoms with E-state index in [1.165, 1.54) is 5.69 Å². The van der Waals surface area contributed by atoms with E-state index in [4.69, 9.17) is 0 Å². The molecule has 4 heterocycles. The summed E-state index contributed by atoms with van der Waals surface area (Å²) in [5.41, 5.74) is 1.84. The molecule has 9 heteroatoms. The van der Waals surface area contributed by atoms with Crippen LogP contribution in [0.3, 0.4) is 0 Å². The lowest BCUT2D eigenvalue weighted by Crippen LogP contribution is -2.47. The molecule has 2 aliphatic rings. The Morgan fingerprint density at radius 2 is 1.85 bits per heavy atom. The van der Waals surface area contributed by atoms with Crippen molar-refractivity contribution < 1.29 is 9.90 Å². The van der Waals surface area contributed by atoms with Gasteiger partial charge in [0.25, 0.3) is 5.24 Å². The van der Waals surface area contributed by atoms with Gasteiger partial charge < -0.3 is 20.2 Å². The largest absolute Gasteiger partial charge is 0.369 e. The smallest absolute Gasteiger partial charge is 0.285 e. The molecule has 4 rings (SSSR count). The Hall–Kier alpha value is -2.65.